The van der Waals surface area contributed by atoms with E-state index in [2.05, 4.69) is 31.4 Å². The van der Waals surface area contributed by atoms with Crippen LogP contribution in [0.25, 0.3) is 5.69 Å². The van der Waals surface area contributed by atoms with Gasteiger partial charge in [0.25, 0.3) is 5.91 Å². The summed E-state index contributed by atoms with van der Waals surface area (Å²) in [5, 5.41) is 11.9. The molecular weight excluding hydrogens is 553 g/mol. The molecule has 0 aliphatic carbocycles. The minimum atomic E-state index is -4.40. The summed E-state index contributed by atoms with van der Waals surface area (Å²) in [5.41, 5.74) is 3.27. The molecule has 0 radical (unpaired) electrons. The number of aryl methyl sites for hydroxylation is 2. The molecule has 3 aromatic carbocycles. The van der Waals surface area contributed by atoms with Gasteiger partial charge in [-0.2, -0.15) is 13.2 Å². The lowest BCUT2D eigenvalue weighted by atomic mass is 10.1. The topological polar surface area (TPSA) is 59.8 Å². The highest BCUT2D eigenvalue weighted by atomic mass is 79.9. The summed E-state index contributed by atoms with van der Waals surface area (Å²) in [7, 11) is 0. The van der Waals surface area contributed by atoms with Gasteiger partial charge in [-0.05, 0) is 73.0 Å². The summed E-state index contributed by atoms with van der Waals surface area (Å²) in [4.78, 5) is 12.7. The number of carbonyl (C=O) groups is 1. The number of aromatic nitrogens is 3. The maximum atomic E-state index is 13.1. The average Bonchev–Trinajstić information content (AvgIpc) is 3.26. The third-order valence-corrected chi connectivity index (χ3v) is 7.11. The fraction of sp³-hybridized carbons (Fsp3) is 0.192. The Hall–Kier alpha value is -3.11. The zero-order valence-electron chi connectivity index (χ0n) is 19.4. The van der Waals surface area contributed by atoms with Crippen molar-refractivity contribution in [1.29, 1.82) is 0 Å². The molecule has 0 aliphatic heterocycles. The van der Waals surface area contributed by atoms with E-state index in [1.807, 2.05) is 50.2 Å². The molecule has 0 fully saturated rings. The number of thioether (sulfide) groups is 1. The Labute approximate surface area is 219 Å². The third kappa shape index (κ3) is 6.17. The first-order chi connectivity index (χ1) is 17.1. The largest absolute Gasteiger partial charge is 0.416 e. The van der Waals surface area contributed by atoms with Gasteiger partial charge in [0.05, 0.1) is 12.1 Å². The molecule has 5 nitrogen and oxygen atoms in total. The SMILES string of the molecule is Cc1ccc(C(=O)NCc2nnc(SCc3cccc(C(F)(F)F)c3)n2-c2ccc(Br)cc2)cc1C. The minimum absolute atomic E-state index is 0.124. The Balaban J connectivity index is 1.57. The predicted molar refractivity (Wildman–Crippen MR) is 137 cm³/mol. The number of hydrogen-bond acceptors (Lipinski definition) is 4. The summed E-state index contributed by atoms with van der Waals surface area (Å²) in [5.74, 6) is 0.538. The van der Waals surface area contributed by atoms with E-state index < -0.39 is 11.7 Å². The van der Waals surface area contributed by atoms with Gasteiger partial charge in [-0.25, -0.2) is 0 Å². The first-order valence-electron chi connectivity index (χ1n) is 11.0. The molecule has 4 rings (SSSR count). The van der Waals surface area contributed by atoms with Crippen molar-refractivity contribution in [2.24, 2.45) is 0 Å². The monoisotopic (exact) mass is 574 g/mol. The van der Waals surface area contributed by atoms with Crippen molar-refractivity contribution in [3.8, 4) is 5.69 Å². The highest BCUT2D eigenvalue weighted by Crippen LogP contribution is 2.32. The number of nitrogens with zero attached hydrogens (tertiary/aromatic N) is 3. The standard InChI is InChI=1S/C26H22BrF3N4OS/c1-16-6-7-19(12-17(16)2)24(35)31-14-23-32-33-25(34(23)22-10-8-21(27)9-11-22)36-15-18-4-3-5-20(13-18)26(28,29)30/h3-13H,14-15H2,1-2H3,(H,31,35). The van der Waals surface area contributed by atoms with Crippen molar-refractivity contribution in [3.05, 3.63) is 105 Å². The molecule has 0 aliphatic rings. The lowest BCUT2D eigenvalue weighted by molar-refractivity contribution is -0.137. The van der Waals surface area contributed by atoms with Crippen molar-refractivity contribution in [2.45, 2.75) is 37.5 Å². The van der Waals surface area contributed by atoms with E-state index in [1.54, 1.807) is 16.7 Å². The Bertz CT molecular complexity index is 1390. The number of amides is 1. The molecular formula is C26H22BrF3N4OS. The first-order valence-corrected chi connectivity index (χ1v) is 12.7. The molecule has 1 N–H and O–H groups in total. The summed E-state index contributed by atoms with van der Waals surface area (Å²) in [6.45, 7) is 4.05. The number of hydrogen-bond donors (Lipinski definition) is 1. The molecule has 36 heavy (non-hydrogen) atoms. The fourth-order valence-corrected chi connectivity index (χ4v) is 4.67. The molecule has 10 heteroatoms. The Morgan fingerprint density at radius 2 is 1.75 bits per heavy atom. The van der Waals surface area contributed by atoms with Crippen LogP contribution in [-0.4, -0.2) is 20.7 Å². The van der Waals surface area contributed by atoms with Crippen LogP contribution >= 0.6 is 27.7 Å². The summed E-state index contributed by atoms with van der Waals surface area (Å²) in [6, 6.07) is 18.2. The van der Waals surface area contributed by atoms with Crippen molar-refractivity contribution in [3.63, 3.8) is 0 Å². The van der Waals surface area contributed by atoms with E-state index >= 15 is 0 Å². The lowest BCUT2D eigenvalue weighted by Crippen LogP contribution is -2.24. The Kier molecular flexibility index (Phi) is 7.85. The van der Waals surface area contributed by atoms with Crippen molar-refractivity contribution in [2.75, 3.05) is 0 Å². The number of halogens is 4. The average molecular weight is 575 g/mol. The molecule has 0 saturated heterocycles. The molecule has 4 aromatic rings. The summed E-state index contributed by atoms with van der Waals surface area (Å²) < 4.78 is 42.0. The second-order valence-corrected chi connectivity index (χ2v) is 10.0. The smallest absolute Gasteiger partial charge is 0.345 e. The quantitative estimate of drug-likeness (QED) is 0.244. The summed E-state index contributed by atoms with van der Waals surface area (Å²) in [6.07, 6.45) is -4.40. The second-order valence-electron chi connectivity index (χ2n) is 8.18. The number of alkyl halides is 3. The molecule has 1 heterocycles. The van der Waals surface area contributed by atoms with Crippen molar-refractivity contribution < 1.29 is 18.0 Å². The van der Waals surface area contributed by atoms with Crippen LogP contribution in [0.4, 0.5) is 13.2 Å². The Morgan fingerprint density at radius 1 is 1.00 bits per heavy atom. The molecule has 1 aromatic heterocycles. The molecule has 0 spiro atoms. The molecule has 186 valence electrons. The van der Waals surface area contributed by atoms with Gasteiger partial charge in [0.1, 0.15) is 0 Å². The van der Waals surface area contributed by atoms with Crippen LogP contribution in [0, 0.1) is 13.8 Å². The van der Waals surface area contributed by atoms with Gasteiger partial charge < -0.3 is 5.32 Å². The third-order valence-electron chi connectivity index (χ3n) is 5.58. The van der Waals surface area contributed by atoms with Gasteiger partial charge in [0.15, 0.2) is 11.0 Å². The van der Waals surface area contributed by atoms with E-state index in [9.17, 15) is 18.0 Å². The van der Waals surface area contributed by atoms with Gasteiger partial charge >= 0.3 is 6.18 Å². The maximum absolute atomic E-state index is 13.1. The van der Waals surface area contributed by atoms with Gasteiger partial charge in [0, 0.05) is 21.5 Å². The molecule has 0 unspecified atom stereocenters. The Morgan fingerprint density at radius 3 is 2.44 bits per heavy atom. The van der Waals surface area contributed by atoms with Crippen LogP contribution in [0.2, 0.25) is 0 Å². The number of rotatable bonds is 7. The molecule has 0 atom stereocenters. The zero-order chi connectivity index (χ0) is 25.9. The first kappa shape index (κ1) is 26.0. The lowest BCUT2D eigenvalue weighted by Gasteiger charge is -2.12. The maximum Gasteiger partial charge on any atom is 0.416 e. The van der Waals surface area contributed by atoms with Gasteiger partial charge in [-0.3, -0.25) is 9.36 Å². The molecule has 1 amide bonds. The van der Waals surface area contributed by atoms with Crippen LogP contribution < -0.4 is 5.32 Å². The molecule has 0 saturated carbocycles. The van der Waals surface area contributed by atoms with Crippen LogP contribution in [0.1, 0.15) is 38.4 Å². The van der Waals surface area contributed by atoms with Crippen LogP contribution in [-0.2, 0) is 18.5 Å². The number of nitrogens with one attached hydrogen (secondary N) is 1. The van der Waals surface area contributed by atoms with E-state index in [0.717, 1.165) is 33.4 Å². The van der Waals surface area contributed by atoms with E-state index in [-0.39, 0.29) is 18.2 Å². The van der Waals surface area contributed by atoms with Crippen molar-refractivity contribution >= 4 is 33.6 Å². The van der Waals surface area contributed by atoms with Crippen LogP contribution in [0.5, 0.6) is 0 Å². The van der Waals surface area contributed by atoms with Gasteiger partial charge in [0.2, 0.25) is 0 Å². The zero-order valence-corrected chi connectivity index (χ0v) is 21.8. The normalized spacial score (nSPS) is 11.5. The predicted octanol–water partition coefficient (Wildman–Crippen LogP) is 6.89. The van der Waals surface area contributed by atoms with Gasteiger partial charge in [-0.15, -0.1) is 10.2 Å². The minimum Gasteiger partial charge on any atom is -0.345 e. The van der Waals surface area contributed by atoms with Crippen LogP contribution in [0.3, 0.4) is 0 Å². The van der Waals surface area contributed by atoms with E-state index in [4.69, 9.17) is 0 Å². The fourth-order valence-electron chi connectivity index (χ4n) is 3.49. The van der Waals surface area contributed by atoms with Crippen molar-refractivity contribution in [1.82, 2.24) is 20.1 Å². The number of carbonyl (C=O) groups excluding carboxylic acids is 1. The van der Waals surface area contributed by atoms with E-state index in [1.165, 1.54) is 17.8 Å². The highest BCUT2D eigenvalue weighted by molar-refractivity contribution is 9.10. The molecule has 0 bridgehead atoms. The summed E-state index contributed by atoms with van der Waals surface area (Å²) >= 11 is 4.69. The van der Waals surface area contributed by atoms with E-state index in [0.29, 0.717) is 22.1 Å². The van der Waals surface area contributed by atoms with Crippen LogP contribution in [0.15, 0.2) is 76.4 Å². The number of benzene rings is 3. The second kappa shape index (κ2) is 10.9. The van der Waals surface area contributed by atoms with Gasteiger partial charge in [-0.1, -0.05) is 52.0 Å². The highest BCUT2D eigenvalue weighted by Gasteiger charge is 2.30.